The third kappa shape index (κ3) is 6.66. The van der Waals surface area contributed by atoms with Crippen molar-refractivity contribution in [3.63, 3.8) is 0 Å². The van der Waals surface area contributed by atoms with Crippen LogP contribution in [0.25, 0.3) is 0 Å². The van der Waals surface area contributed by atoms with E-state index in [4.69, 9.17) is 4.74 Å². The number of carbonyl (C=O) groups is 2. The van der Waals surface area contributed by atoms with Crippen molar-refractivity contribution in [3.05, 3.63) is 70.2 Å². The molecule has 0 fully saturated rings. The van der Waals surface area contributed by atoms with Gasteiger partial charge < -0.3 is 15.4 Å². The van der Waals surface area contributed by atoms with E-state index in [9.17, 15) is 9.59 Å². The molecule has 0 unspecified atom stereocenters. The zero-order chi connectivity index (χ0) is 21.2. The van der Waals surface area contributed by atoms with Crippen LogP contribution in [-0.4, -0.2) is 35.7 Å². The molecule has 1 aromatic heterocycles. The number of hydrogen-bond acceptors (Lipinski definition) is 6. The highest BCUT2D eigenvalue weighted by Crippen LogP contribution is 2.18. The summed E-state index contributed by atoms with van der Waals surface area (Å²) < 4.78 is 5.10. The molecule has 1 heterocycles. The summed E-state index contributed by atoms with van der Waals surface area (Å²) in [4.78, 5) is 24.3. The Balaban J connectivity index is 1.37. The molecule has 7 nitrogen and oxygen atoms in total. The fourth-order valence-electron chi connectivity index (χ4n) is 2.78. The molecule has 3 aromatic rings. The number of ether oxygens (including phenoxy) is 1. The van der Waals surface area contributed by atoms with E-state index in [1.54, 1.807) is 31.4 Å². The molecule has 2 N–H and O–H groups in total. The zero-order valence-electron chi connectivity index (χ0n) is 16.8. The Hall–Kier alpha value is -3.26. The van der Waals surface area contributed by atoms with Gasteiger partial charge in [-0.25, -0.2) is 0 Å². The molecule has 0 spiro atoms. The van der Waals surface area contributed by atoms with Crippen LogP contribution < -0.4 is 15.4 Å². The van der Waals surface area contributed by atoms with Crippen molar-refractivity contribution in [1.29, 1.82) is 0 Å². The number of benzene rings is 2. The molecule has 8 heteroatoms. The Kier molecular flexibility index (Phi) is 7.91. The molecule has 0 aliphatic carbocycles. The quantitative estimate of drug-likeness (QED) is 0.520. The average molecular weight is 425 g/mol. The maximum absolute atomic E-state index is 12.3. The fourth-order valence-corrected chi connectivity index (χ4v) is 3.56. The van der Waals surface area contributed by atoms with Crippen LogP contribution in [0, 0.1) is 0 Å². The first-order chi connectivity index (χ1) is 14.6. The molecule has 0 radical (unpaired) electrons. The van der Waals surface area contributed by atoms with E-state index in [2.05, 4.69) is 20.8 Å². The minimum absolute atomic E-state index is 0.0212. The maximum Gasteiger partial charge on any atom is 0.286 e. The Morgan fingerprint density at radius 2 is 1.77 bits per heavy atom. The number of nitrogens with one attached hydrogen (secondary N) is 2. The van der Waals surface area contributed by atoms with Gasteiger partial charge in [-0.3, -0.25) is 9.59 Å². The number of aryl methyl sites for hydroxylation is 1. The van der Waals surface area contributed by atoms with Gasteiger partial charge in [0.25, 0.3) is 5.91 Å². The van der Waals surface area contributed by atoms with E-state index in [0.29, 0.717) is 36.5 Å². The average Bonchev–Trinajstić information content (AvgIpc) is 3.24. The first kappa shape index (κ1) is 21.4. The SMILES string of the molecule is COc1ccc(NC(=O)c2nnc(CCCC(=O)NCCc3ccccc3)s2)cc1. The lowest BCUT2D eigenvalue weighted by Gasteiger charge is -2.05. The minimum Gasteiger partial charge on any atom is -0.497 e. The smallest absolute Gasteiger partial charge is 0.286 e. The van der Waals surface area contributed by atoms with Gasteiger partial charge in [-0.15, -0.1) is 10.2 Å². The van der Waals surface area contributed by atoms with Gasteiger partial charge in [0.1, 0.15) is 10.8 Å². The van der Waals surface area contributed by atoms with Crippen molar-refractivity contribution in [2.45, 2.75) is 25.7 Å². The predicted molar refractivity (Wildman–Crippen MR) is 117 cm³/mol. The van der Waals surface area contributed by atoms with E-state index >= 15 is 0 Å². The molecule has 2 amide bonds. The standard InChI is InChI=1S/C22H24N4O3S/c1-29-18-12-10-17(11-13-18)24-21(28)22-26-25-20(30-22)9-5-8-19(27)23-15-14-16-6-3-2-4-7-16/h2-4,6-7,10-13H,5,8-9,14-15H2,1H3,(H,23,27)(H,24,28). The largest absolute Gasteiger partial charge is 0.497 e. The van der Waals surface area contributed by atoms with Crippen molar-refractivity contribution < 1.29 is 14.3 Å². The summed E-state index contributed by atoms with van der Waals surface area (Å²) in [6.07, 6.45) is 2.50. The van der Waals surface area contributed by atoms with Crippen molar-refractivity contribution in [1.82, 2.24) is 15.5 Å². The van der Waals surface area contributed by atoms with Crippen molar-refractivity contribution in [3.8, 4) is 5.75 Å². The number of nitrogens with zero attached hydrogens (tertiary/aromatic N) is 2. The molecule has 2 aromatic carbocycles. The normalized spacial score (nSPS) is 10.4. The van der Waals surface area contributed by atoms with Crippen LogP contribution in [0.4, 0.5) is 5.69 Å². The lowest BCUT2D eigenvalue weighted by Crippen LogP contribution is -2.25. The topological polar surface area (TPSA) is 93.2 Å². The fraction of sp³-hybridized carbons (Fsp3) is 0.273. The predicted octanol–water partition coefficient (Wildman–Crippen LogP) is 3.48. The molecule has 0 atom stereocenters. The van der Waals surface area contributed by atoms with Gasteiger partial charge in [-0.05, 0) is 42.7 Å². The molecular weight excluding hydrogens is 400 g/mol. The summed E-state index contributed by atoms with van der Waals surface area (Å²) in [5, 5.41) is 14.8. The summed E-state index contributed by atoms with van der Waals surface area (Å²) in [5.41, 5.74) is 1.86. The summed E-state index contributed by atoms with van der Waals surface area (Å²) >= 11 is 1.24. The van der Waals surface area contributed by atoms with Gasteiger partial charge in [0.15, 0.2) is 0 Å². The van der Waals surface area contributed by atoms with Crippen LogP contribution in [-0.2, 0) is 17.6 Å². The van der Waals surface area contributed by atoms with Crippen LogP contribution in [0.3, 0.4) is 0 Å². The van der Waals surface area contributed by atoms with Crippen molar-refractivity contribution in [2.24, 2.45) is 0 Å². The van der Waals surface area contributed by atoms with Gasteiger partial charge in [0.05, 0.1) is 7.11 Å². The highest BCUT2D eigenvalue weighted by Gasteiger charge is 2.13. The Morgan fingerprint density at radius 1 is 1.00 bits per heavy atom. The number of anilines is 1. The summed E-state index contributed by atoms with van der Waals surface area (Å²) in [6, 6.07) is 17.1. The molecule has 156 valence electrons. The van der Waals surface area contributed by atoms with Crippen molar-refractivity contribution in [2.75, 3.05) is 19.0 Å². The zero-order valence-corrected chi connectivity index (χ0v) is 17.6. The third-order valence-corrected chi connectivity index (χ3v) is 5.36. The second-order valence-corrected chi connectivity index (χ2v) is 7.68. The highest BCUT2D eigenvalue weighted by molar-refractivity contribution is 7.13. The van der Waals surface area contributed by atoms with Gasteiger partial charge in [0.2, 0.25) is 10.9 Å². The molecule has 3 rings (SSSR count). The Morgan fingerprint density at radius 3 is 2.50 bits per heavy atom. The first-order valence-corrected chi connectivity index (χ1v) is 10.5. The molecule has 0 aliphatic rings. The van der Waals surface area contributed by atoms with E-state index < -0.39 is 0 Å². The number of rotatable bonds is 10. The molecule has 0 bridgehead atoms. The molecule has 0 aliphatic heterocycles. The number of hydrogen-bond donors (Lipinski definition) is 2. The minimum atomic E-state index is -0.303. The molecular formula is C22H24N4O3S. The summed E-state index contributed by atoms with van der Waals surface area (Å²) in [5.74, 6) is 0.436. The number of methoxy groups -OCH3 is 1. The van der Waals surface area contributed by atoms with Crippen LogP contribution in [0.15, 0.2) is 54.6 Å². The summed E-state index contributed by atoms with van der Waals surface area (Å²) in [7, 11) is 1.59. The maximum atomic E-state index is 12.3. The van der Waals surface area contributed by atoms with Gasteiger partial charge in [0, 0.05) is 25.1 Å². The lowest BCUT2D eigenvalue weighted by atomic mass is 10.1. The Labute approximate surface area is 179 Å². The van der Waals surface area contributed by atoms with E-state index in [1.165, 1.54) is 16.9 Å². The monoisotopic (exact) mass is 424 g/mol. The van der Waals surface area contributed by atoms with Crippen LogP contribution in [0.1, 0.15) is 33.2 Å². The molecule has 30 heavy (non-hydrogen) atoms. The van der Waals surface area contributed by atoms with E-state index in [-0.39, 0.29) is 11.8 Å². The first-order valence-electron chi connectivity index (χ1n) is 9.72. The molecule has 0 saturated heterocycles. The molecule has 0 saturated carbocycles. The number of aromatic nitrogens is 2. The van der Waals surface area contributed by atoms with Crippen LogP contribution >= 0.6 is 11.3 Å². The van der Waals surface area contributed by atoms with Gasteiger partial charge >= 0.3 is 0 Å². The number of amides is 2. The second-order valence-electron chi connectivity index (χ2n) is 6.62. The van der Waals surface area contributed by atoms with Gasteiger partial charge in [-0.2, -0.15) is 0 Å². The van der Waals surface area contributed by atoms with Crippen LogP contribution in [0.5, 0.6) is 5.75 Å². The van der Waals surface area contributed by atoms with Crippen molar-refractivity contribution >= 4 is 28.8 Å². The second kappa shape index (κ2) is 11.1. The van der Waals surface area contributed by atoms with Crippen LogP contribution in [0.2, 0.25) is 0 Å². The van der Waals surface area contributed by atoms with E-state index in [1.807, 2.05) is 30.3 Å². The number of carbonyl (C=O) groups excluding carboxylic acids is 2. The third-order valence-electron chi connectivity index (χ3n) is 4.38. The summed E-state index contributed by atoms with van der Waals surface area (Å²) in [6.45, 7) is 0.622. The lowest BCUT2D eigenvalue weighted by molar-refractivity contribution is -0.121. The highest BCUT2D eigenvalue weighted by atomic mass is 32.1. The van der Waals surface area contributed by atoms with Gasteiger partial charge in [-0.1, -0.05) is 41.7 Å². The van der Waals surface area contributed by atoms with E-state index in [0.717, 1.165) is 17.2 Å². The Bertz CT molecular complexity index is 958.